The lowest BCUT2D eigenvalue weighted by Crippen LogP contribution is -2.47. The smallest absolute Gasteiger partial charge is 0.249 e. The first-order valence-electron chi connectivity index (χ1n) is 8.63. The van der Waals surface area contributed by atoms with Gasteiger partial charge in [-0.2, -0.15) is 0 Å². The summed E-state index contributed by atoms with van der Waals surface area (Å²) in [6.07, 6.45) is 2.41. The summed E-state index contributed by atoms with van der Waals surface area (Å²) in [4.78, 5) is 25.9. The summed E-state index contributed by atoms with van der Waals surface area (Å²) in [7, 11) is 0. The van der Waals surface area contributed by atoms with Gasteiger partial charge in [0.2, 0.25) is 11.8 Å². The molecule has 1 aliphatic carbocycles. The van der Waals surface area contributed by atoms with E-state index in [1.165, 1.54) is 0 Å². The van der Waals surface area contributed by atoms with Gasteiger partial charge in [0.05, 0.1) is 0 Å². The van der Waals surface area contributed by atoms with Crippen LogP contribution >= 0.6 is 0 Å². The molecule has 1 aliphatic heterocycles. The Morgan fingerprint density at radius 2 is 1.75 bits per heavy atom. The van der Waals surface area contributed by atoms with Crippen molar-refractivity contribution in [2.24, 2.45) is 11.7 Å². The van der Waals surface area contributed by atoms with Crippen LogP contribution in [0.15, 0.2) is 30.3 Å². The standard InChI is InChI=1S/C18H25N3O3/c19-17(23)15(12-4-2-1-3-5-12)21-10-8-13(9-11-21)16(22)18(24)20-14-6-7-14/h1-5,13-16,22H,6-11H2,(H2,19,23)(H,20,24)/t15-,16-/m1/s1. The third-order valence-corrected chi connectivity index (χ3v) is 4.96. The molecule has 0 spiro atoms. The molecule has 1 aromatic carbocycles. The van der Waals surface area contributed by atoms with Crippen LogP contribution in [0.1, 0.15) is 37.3 Å². The van der Waals surface area contributed by atoms with E-state index in [1.54, 1.807) is 0 Å². The summed E-state index contributed by atoms with van der Waals surface area (Å²) in [5.74, 6) is -0.693. The van der Waals surface area contributed by atoms with Gasteiger partial charge in [-0.1, -0.05) is 30.3 Å². The van der Waals surface area contributed by atoms with Gasteiger partial charge in [0, 0.05) is 6.04 Å². The molecule has 130 valence electrons. The molecule has 2 aliphatic rings. The summed E-state index contributed by atoms with van der Waals surface area (Å²) in [5, 5.41) is 13.1. The highest BCUT2D eigenvalue weighted by molar-refractivity contribution is 5.82. The van der Waals surface area contributed by atoms with Gasteiger partial charge in [-0.3, -0.25) is 14.5 Å². The molecule has 4 N–H and O–H groups in total. The highest BCUT2D eigenvalue weighted by Gasteiger charge is 2.35. The zero-order valence-electron chi connectivity index (χ0n) is 13.7. The predicted octanol–water partition coefficient (Wildman–Crippen LogP) is 0.565. The highest BCUT2D eigenvalue weighted by atomic mass is 16.3. The quantitative estimate of drug-likeness (QED) is 0.710. The summed E-state index contributed by atoms with van der Waals surface area (Å²) < 4.78 is 0. The number of piperidine rings is 1. The SMILES string of the molecule is NC(=O)[C@@H](c1ccccc1)N1CCC([C@@H](O)C(=O)NC2CC2)CC1. The number of nitrogens with one attached hydrogen (secondary N) is 1. The lowest BCUT2D eigenvalue weighted by molar-refractivity contribution is -0.134. The maximum absolute atomic E-state index is 12.0. The minimum Gasteiger partial charge on any atom is -0.383 e. The molecule has 2 fully saturated rings. The summed E-state index contributed by atoms with van der Waals surface area (Å²) >= 11 is 0. The molecule has 1 aromatic rings. The number of rotatable bonds is 6. The van der Waals surface area contributed by atoms with E-state index in [0.717, 1.165) is 18.4 Å². The minimum absolute atomic E-state index is 0.0655. The molecule has 3 rings (SSSR count). The van der Waals surface area contributed by atoms with Crippen LogP contribution in [0.2, 0.25) is 0 Å². The van der Waals surface area contributed by atoms with Crippen molar-refractivity contribution in [2.45, 2.75) is 43.9 Å². The van der Waals surface area contributed by atoms with Crippen LogP contribution in [0.5, 0.6) is 0 Å². The van der Waals surface area contributed by atoms with Crippen LogP contribution in [0.3, 0.4) is 0 Å². The third-order valence-electron chi connectivity index (χ3n) is 4.96. The van der Waals surface area contributed by atoms with E-state index < -0.39 is 12.1 Å². The van der Waals surface area contributed by atoms with E-state index in [2.05, 4.69) is 5.32 Å². The van der Waals surface area contributed by atoms with Gasteiger partial charge in [-0.15, -0.1) is 0 Å². The topological polar surface area (TPSA) is 95.7 Å². The summed E-state index contributed by atoms with van der Waals surface area (Å²) in [6, 6.07) is 9.30. The van der Waals surface area contributed by atoms with Crippen LogP contribution in [-0.2, 0) is 9.59 Å². The number of carbonyl (C=O) groups is 2. The average molecular weight is 331 g/mol. The number of aliphatic hydroxyl groups is 1. The molecule has 1 saturated carbocycles. The molecule has 0 unspecified atom stereocenters. The first-order valence-corrected chi connectivity index (χ1v) is 8.63. The van der Waals surface area contributed by atoms with Gasteiger partial charge in [-0.25, -0.2) is 0 Å². The first kappa shape index (κ1) is 16.9. The normalized spacial score (nSPS) is 21.9. The van der Waals surface area contributed by atoms with Crippen LogP contribution in [-0.4, -0.2) is 47.1 Å². The van der Waals surface area contributed by atoms with Gasteiger partial charge < -0.3 is 16.2 Å². The summed E-state index contributed by atoms with van der Waals surface area (Å²) in [6.45, 7) is 1.28. The maximum atomic E-state index is 12.0. The van der Waals surface area contributed by atoms with Gasteiger partial charge in [0.25, 0.3) is 0 Å². The van der Waals surface area contributed by atoms with E-state index in [1.807, 2.05) is 35.2 Å². The number of likely N-dealkylation sites (tertiary alicyclic amines) is 1. The van der Waals surface area contributed by atoms with Gasteiger partial charge >= 0.3 is 0 Å². The molecule has 6 nitrogen and oxygen atoms in total. The summed E-state index contributed by atoms with van der Waals surface area (Å²) in [5.41, 5.74) is 6.49. The molecule has 24 heavy (non-hydrogen) atoms. The van der Waals surface area contributed by atoms with Crippen molar-refractivity contribution in [2.75, 3.05) is 13.1 Å². The Kier molecular flexibility index (Phi) is 5.16. The maximum Gasteiger partial charge on any atom is 0.249 e. The van der Waals surface area contributed by atoms with Crippen molar-refractivity contribution in [1.29, 1.82) is 0 Å². The Hall–Kier alpha value is -1.92. The van der Waals surface area contributed by atoms with E-state index in [4.69, 9.17) is 5.73 Å². The van der Waals surface area contributed by atoms with Crippen molar-refractivity contribution in [1.82, 2.24) is 10.2 Å². The fourth-order valence-corrected chi connectivity index (χ4v) is 3.41. The zero-order chi connectivity index (χ0) is 17.1. The number of nitrogens with two attached hydrogens (primary N) is 1. The van der Waals surface area contributed by atoms with Crippen LogP contribution in [0, 0.1) is 5.92 Å². The van der Waals surface area contributed by atoms with Crippen molar-refractivity contribution in [3.05, 3.63) is 35.9 Å². The van der Waals surface area contributed by atoms with Crippen molar-refractivity contribution < 1.29 is 14.7 Å². The average Bonchev–Trinajstić information content (AvgIpc) is 3.39. The minimum atomic E-state index is -0.962. The molecule has 0 radical (unpaired) electrons. The Morgan fingerprint density at radius 1 is 1.12 bits per heavy atom. The second-order valence-electron chi connectivity index (χ2n) is 6.82. The molecule has 2 amide bonds. The largest absolute Gasteiger partial charge is 0.383 e. The second-order valence-corrected chi connectivity index (χ2v) is 6.82. The van der Waals surface area contributed by atoms with Gasteiger partial charge in [-0.05, 0) is 50.3 Å². The number of benzene rings is 1. The second kappa shape index (κ2) is 7.32. The molecule has 1 saturated heterocycles. The highest BCUT2D eigenvalue weighted by Crippen LogP contribution is 2.29. The van der Waals surface area contributed by atoms with Crippen molar-refractivity contribution in [3.63, 3.8) is 0 Å². The van der Waals surface area contributed by atoms with Gasteiger partial charge in [0.15, 0.2) is 0 Å². The van der Waals surface area contributed by atoms with E-state index >= 15 is 0 Å². The fraction of sp³-hybridized carbons (Fsp3) is 0.556. The van der Waals surface area contributed by atoms with E-state index in [9.17, 15) is 14.7 Å². The van der Waals surface area contributed by atoms with Crippen LogP contribution in [0.25, 0.3) is 0 Å². The Balaban J connectivity index is 1.58. The third kappa shape index (κ3) is 3.94. The molecular formula is C18H25N3O3. The number of nitrogens with zero attached hydrogens (tertiary/aromatic N) is 1. The predicted molar refractivity (Wildman–Crippen MR) is 89.8 cm³/mol. The Morgan fingerprint density at radius 3 is 2.29 bits per heavy atom. The van der Waals surface area contributed by atoms with Crippen LogP contribution < -0.4 is 11.1 Å². The van der Waals surface area contributed by atoms with Crippen molar-refractivity contribution >= 4 is 11.8 Å². The number of carbonyl (C=O) groups excluding carboxylic acids is 2. The lowest BCUT2D eigenvalue weighted by Gasteiger charge is -2.37. The van der Waals surface area contributed by atoms with E-state index in [-0.39, 0.29) is 23.8 Å². The number of hydrogen-bond acceptors (Lipinski definition) is 4. The first-order chi connectivity index (χ1) is 11.6. The number of hydrogen-bond donors (Lipinski definition) is 3. The Labute approximate surface area is 142 Å². The number of primary amides is 1. The number of aliphatic hydroxyl groups excluding tert-OH is 1. The Bertz CT molecular complexity index is 580. The zero-order valence-corrected chi connectivity index (χ0v) is 13.7. The van der Waals surface area contributed by atoms with Gasteiger partial charge in [0.1, 0.15) is 12.1 Å². The van der Waals surface area contributed by atoms with Crippen LogP contribution in [0.4, 0.5) is 0 Å². The fourth-order valence-electron chi connectivity index (χ4n) is 3.41. The molecule has 1 heterocycles. The molecule has 0 aromatic heterocycles. The monoisotopic (exact) mass is 331 g/mol. The molecule has 2 atom stereocenters. The lowest BCUT2D eigenvalue weighted by atomic mass is 9.89. The molecule has 6 heteroatoms. The number of amides is 2. The van der Waals surface area contributed by atoms with E-state index in [0.29, 0.717) is 25.9 Å². The molecule has 0 bridgehead atoms. The van der Waals surface area contributed by atoms with Crippen molar-refractivity contribution in [3.8, 4) is 0 Å². The molecular weight excluding hydrogens is 306 g/mol.